The predicted octanol–water partition coefficient (Wildman–Crippen LogP) is 3.17. The number of halogens is 1. The van der Waals surface area contributed by atoms with Crippen LogP contribution in [0.5, 0.6) is 5.75 Å². The van der Waals surface area contributed by atoms with Crippen LogP contribution >= 0.6 is 0 Å². The molecule has 0 bridgehead atoms. The normalized spacial score (nSPS) is 20.6. The predicted molar refractivity (Wildman–Crippen MR) is 94.8 cm³/mol. The topological polar surface area (TPSA) is 52.6 Å². The minimum Gasteiger partial charge on any atom is -0.508 e. The number of hydrogen-bond acceptors (Lipinski definition) is 3. The zero-order chi connectivity index (χ0) is 17.8. The van der Waals surface area contributed by atoms with E-state index in [0.717, 1.165) is 25.6 Å². The van der Waals surface area contributed by atoms with Gasteiger partial charge in [0.1, 0.15) is 11.6 Å². The molecule has 1 fully saturated rings. The number of likely N-dealkylation sites (tertiary alicyclic amines) is 1. The van der Waals surface area contributed by atoms with Crippen LogP contribution in [0.15, 0.2) is 48.5 Å². The Kier molecular flexibility index (Phi) is 5.34. The van der Waals surface area contributed by atoms with Crippen molar-refractivity contribution in [3.8, 4) is 5.75 Å². The lowest BCUT2D eigenvalue weighted by atomic mass is 10.1. The highest BCUT2D eigenvalue weighted by Crippen LogP contribution is 2.24. The van der Waals surface area contributed by atoms with E-state index in [1.54, 1.807) is 0 Å². The number of nitrogens with one attached hydrogen (secondary N) is 1. The Hall–Kier alpha value is -2.40. The van der Waals surface area contributed by atoms with Gasteiger partial charge in [-0.05, 0) is 37.0 Å². The first-order valence-corrected chi connectivity index (χ1v) is 8.57. The molecule has 2 aromatic carbocycles. The molecule has 2 atom stereocenters. The summed E-state index contributed by atoms with van der Waals surface area (Å²) in [6, 6.07) is 14.4. The number of rotatable bonds is 5. The fourth-order valence-electron chi connectivity index (χ4n) is 3.42. The van der Waals surface area contributed by atoms with Crippen LogP contribution in [0.1, 0.15) is 29.3 Å². The van der Waals surface area contributed by atoms with Crippen LogP contribution in [0, 0.1) is 11.7 Å². The number of aromatic hydroxyl groups is 1. The summed E-state index contributed by atoms with van der Waals surface area (Å²) in [5.74, 6) is -0.979. The summed E-state index contributed by atoms with van der Waals surface area (Å²) >= 11 is 0. The lowest BCUT2D eigenvalue weighted by Crippen LogP contribution is -2.31. The standard InChI is InChI=1S/C20H23FN2O2/c1-14-9-16(13-23(14)12-15-5-3-2-4-6-15)11-22-20(25)18-8-7-17(24)10-19(18)21/h2-8,10,14,16,24H,9,11-13H2,1H3,(H,22,25)/t14-,16+/m0/s1. The highest BCUT2D eigenvalue weighted by molar-refractivity contribution is 5.94. The molecule has 2 aromatic rings. The fraction of sp³-hybridized carbons (Fsp3) is 0.350. The van der Waals surface area contributed by atoms with Gasteiger partial charge in [0, 0.05) is 31.7 Å². The van der Waals surface area contributed by atoms with Gasteiger partial charge < -0.3 is 10.4 Å². The van der Waals surface area contributed by atoms with Gasteiger partial charge in [0.15, 0.2) is 0 Å². The average Bonchev–Trinajstić information content (AvgIpc) is 2.93. The molecule has 1 saturated heterocycles. The summed E-state index contributed by atoms with van der Waals surface area (Å²) in [6.07, 6.45) is 1.01. The molecule has 132 valence electrons. The van der Waals surface area contributed by atoms with Crippen LogP contribution in [0.25, 0.3) is 0 Å². The average molecular weight is 342 g/mol. The highest BCUT2D eigenvalue weighted by atomic mass is 19.1. The zero-order valence-corrected chi connectivity index (χ0v) is 14.3. The van der Waals surface area contributed by atoms with Crippen LogP contribution in [0.4, 0.5) is 4.39 Å². The van der Waals surface area contributed by atoms with Crippen LogP contribution in [0.2, 0.25) is 0 Å². The summed E-state index contributed by atoms with van der Waals surface area (Å²) in [5.41, 5.74) is 1.25. The van der Waals surface area contributed by atoms with E-state index >= 15 is 0 Å². The molecular formula is C20H23FN2O2. The third-order valence-electron chi connectivity index (χ3n) is 4.77. The number of hydrogen-bond donors (Lipinski definition) is 2. The molecule has 0 unspecified atom stereocenters. The summed E-state index contributed by atoms with van der Waals surface area (Å²) in [7, 11) is 0. The molecule has 0 spiro atoms. The molecule has 0 radical (unpaired) electrons. The molecule has 5 heteroatoms. The first-order chi connectivity index (χ1) is 12.0. The number of benzene rings is 2. The Balaban J connectivity index is 1.53. The Morgan fingerprint density at radius 1 is 1.28 bits per heavy atom. The number of phenols is 1. The van der Waals surface area contributed by atoms with Crippen LogP contribution in [-0.4, -0.2) is 35.0 Å². The van der Waals surface area contributed by atoms with Gasteiger partial charge in [-0.2, -0.15) is 0 Å². The molecule has 0 aromatic heterocycles. The number of amides is 1. The zero-order valence-electron chi connectivity index (χ0n) is 14.3. The summed E-state index contributed by atoms with van der Waals surface area (Å²) in [6.45, 7) is 4.53. The van der Waals surface area contributed by atoms with E-state index in [9.17, 15) is 14.3 Å². The molecule has 1 amide bonds. The minimum absolute atomic E-state index is 0.0370. The number of nitrogens with zero attached hydrogens (tertiary/aromatic N) is 1. The minimum atomic E-state index is -0.706. The Morgan fingerprint density at radius 3 is 2.76 bits per heavy atom. The van der Waals surface area contributed by atoms with E-state index in [2.05, 4.69) is 29.3 Å². The summed E-state index contributed by atoms with van der Waals surface area (Å²) in [5, 5.41) is 12.0. The molecular weight excluding hydrogens is 319 g/mol. The first-order valence-electron chi connectivity index (χ1n) is 8.57. The first kappa shape index (κ1) is 17.4. The fourth-order valence-corrected chi connectivity index (χ4v) is 3.42. The van der Waals surface area contributed by atoms with E-state index < -0.39 is 11.7 Å². The number of carbonyl (C=O) groups is 1. The van der Waals surface area contributed by atoms with Crippen LogP contribution in [-0.2, 0) is 6.54 Å². The monoisotopic (exact) mass is 342 g/mol. The Bertz CT molecular complexity index is 736. The molecule has 1 aliphatic rings. The van der Waals surface area contributed by atoms with E-state index in [0.29, 0.717) is 18.5 Å². The highest BCUT2D eigenvalue weighted by Gasteiger charge is 2.29. The van der Waals surface area contributed by atoms with Gasteiger partial charge in [-0.15, -0.1) is 0 Å². The third-order valence-corrected chi connectivity index (χ3v) is 4.77. The second-order valence-corrected chi connectivity index (χ2v) is 6.74. The van der Waals surface area contributed by atoms with Gasteiger partial charge in [-0.25, -0.2) is 4.39 Å². The second kappa shape index (κ2) is 7.66. The maximum absolute atomic E-state index is 13.7. The van der Waals surface area contributed by atoms with Crippen molar-refractivity contribution >= 4 is 5.91 Å². The van der Waals surface area contributed by atoms with Crippen molar-refractivity contribution in [3.05, 3.63) is 65.5 Å². The summed E-state index contributed by atoms with van der Waals surface area (Å²) < 4.78 is 13.7. The van der Waals surface area contributed by atoms with Crippen molar-refractivity contribution in [2.45, 2.75) is 25.9 Å². The molecule has 4 nitrogen and oxygen atoms in total. The maximum atomic E-state index is 13.7. The van der Waals surface area contributed by atoms with E-state index in [1.165, 1.54) is 17.7 Å². The lowest BCUT2D eigenvalue weighted by Gasteiger charge is -2.21. The molecule has 3 rings (SSSR count). The van der Waals surface area contributed by atoms with E-state index in [4.69, 9.17) is 0 Å². The smallest absolute Gasteiger partial charge is 0.254 e. The van der Waals surface area contributed by atoms with Gasteiger partial charge in [-0.3, -0.25) is 9.69 Å². The van der Waals surface area contributed by atoms with E-state index in [-0.39, 0.29) is 11.3 Å². The second-order valence-electron chi connectivity index (χ2n) is 6.74. The third kappa shape index (κ3) is 4.37. The van der Waals surface area contributed by atoms with Gasteiger partial charge in [0.05, 0.1) is 5.56 Å². The van der Waals surface area contributed by atoms with Gasteiger partial charge in [-0.1, -0.05) is 30.3 Å². The molecule has 1 heterocycles. The van der Waals surface area contributed by atoms with Crippen LogP contribution < -0.4 is 5.32 Å². The van der Waals surface area contributed by atoms with Gasteiger partial charge in [0.25, 0.3) is 5.91 Å². The lowest BCUT2D eigenvalue weighted by molar-refractivity contribution is 0.0943. The van der Waals surface area contributed by atoms with Crippen LogP contribution in [0.3, 0.4) is 0 Å². The maximum Gasteiger partial charge on any atom is 0.254 e. The quantitative estimate of drug-likeness (QED) is 0.877. The Labute approximate surface area is 147 Å². The van der Waals surface area contributed by atoms with E-state index in [1.807, 2.05) is 18.2 Å². The molecule has 1 aliphatic heterocycles. The number of phenolic OH excluding ortho intramolecular Hbond substituents is 1. The van der Waals surface area contributed by atoms with Crippen molar-refractivity contribution in [2.75, 3.05) is 13.1 Å². The summed E-state index contributed by atoms with van der Waals surface area (Å²) in [4.78, 5) is 14.6. The van der Waals surface area contributed by atoms with Crippen molar-refractivity contribution in [1.82, 2.24) is 10.2 Å². The molecule has 0 saturated carbocycles. The largest absolute Gasteiger partial charge is 0.508 e. The van der Waals surface area contributed by atoms with Crippen molar-refractivity contribution in [1.29, 1.82) is 0 Å². The Morgan fingerprint density at radius 2 is 2.04 bits per heavy atom. The van der Waals surface area contributed by atoms with Crippen molar-refractivity contribution in [2.24, 2.45) is 5.92 Å². The molecule has 0 aliphatic carbocycles. The molecule has 25 heavy (non-hydrogen) atoms. The van der Waals surface area contributed by atoms with Crippen molar-refractivity contribution in [3.63, 3.8) is 0 Å². The number of carbonyl (C=O) groups excluding carboxylic acids is 1. The van der Waals surface area contributed by atoms with Gasteiger partial charge in [0.2, 0.25) is 0 Å². The molecule has 2 N–H and O–H groups in total. The van der Waals surface area contributed by atoms with Gasteiger partial charge >= 0.3 is 0 Å². The van der Waals surface area contributed by atoms with Crippen molar-refractivity contribution < 1.29 is 14.3 Å². The SMILES string of the molecule is C[C@H]1C[C@H](CNC(=O)c2ccc(O)cc2F)CN1Cc1ccccc1.